The number of hydrogen-bond donors (Lipinski definition) is 0. The van der Waals surface area contributed by atoms with E-state index in [9.17, 15) is 13.2 Å². The molecule has 26 heavy (non-hydrogen) atoms. The molecule has 0 fully saturated rings. The number of halogens is 3. The van der Waals surface area contributed by atoms with Crippen LogP contribution in [0.1, 0.15) is 30.8 Å². The number of imidazole rings is 1. The van der Waals surface area contributed by atoms with E-state index >= 15 is 0 Å². The van der Waals surface area contributed by atoms with Crippen molar-refractivity contribution in [1.82, 2.24) is 19.7 Å². The highest BCUT2D eigenvalue weighted by Gasteiger charge is 2.31. The maximum Gasteiger partial charge on any atom is 0.416 e. The van der Waals surface area contributed by atoms with Crippen molar-refractivity contribution in [2.75, 3.05) is 6.61 Å². The Morgan fingerprint density at radius 1 is 1.23 bits per heavy atom. The smallest absolute Gasteiger partial charge is 0.416 e. The van der Waals surface area contributed by atoms with Crippen LogP contribution in [0.3, 0.4) is 0 Å². The number of benzene rings is 1. The summed E-state index contributed by atoms with van der Waals surface area (Å²) < 4.78 is 46.2. The van der Waals surface area contributed by atoms with Crippen molar-refractivity contribution < 1.29 is 17.9 Å². The fraction of sp³-hybridized carbons (Fsp3) is 0.438. The SMILES string of the molecule is CCCn1c(SCc2nnc(OCC)s2)nc2ccc(C(F)(F)F)cc21. The zero-order valence-electron chi connectivity index (χ0n) is 14.2. The van der Waals surface area contributed by atoms with Gasteiger partial charge in [0.15, 0.2) is 5.16 Å². The molecule has 0 aliphatic rings. The van der Waals surface area contributed by atoms with Crippen LogP contribution in [0.15, 0.2) is 23.4 Å². The van der Waals surface area contributed by atoms with E-state index in [4.69, 9.17) is 4.74 Å². The van der Waals surface area contributed by atoms with Crippen molar-refractivity contribution in [3.8, 4) is 5.19 Å². The largest absolute Gasteiger partial charge is 0.469 e. The molecule has 5 nitrogen and oxygen atoms in total. The molecule has 0 radical (unpaired) electrons. The van der Waals surface area contributed by atoms with Crippen LogP contribution in [0.4, 0.5) is 13.2 Å². The van der Waals surface area contributed by atoms with Gasteiger partial charge in [-0.2, -0.15) is 13.2 Å². The first-order valence-corrected chi connectivity index (χ1v) is 9.88. The van der Waals surface area contributed by atoms with Crippen LogP contribution in [0.25, 0.3) is 11.0 Å². The summed E-state index contributed by atoms with van der Waals surface area (Å²) in [6.07, 6.45) is -3.58. The van der Waals surface area contributed by atoms with Crippen molar-refractivity contribution in [3.05, 3.63) is 28.8 Å². The lowest BCUT2D eigenvalue weighted by atomic mass is 10.2. The number of aryl methyl sites for hydroxylation is 1. The van der Waals surface area contributed by atoms with Crippen LogP contribution in [0, 0.1) is 0 Å². The number of fused-ring (bicyclic) bond motifs is 1. The summed E-state index contributed by atoms with van der Waals surface area (Å²) in [5.74, 6) is 0.532. The van der Waals surface area contributed by atoms with Gasteiger partial charge in [-0.15, -0.1) is 10.2 Å². The third-order valence-electron chi connectivity index (χ3n) is 3.53. The molecule has 0 bridgehead atoms. The molecule has 0 spiro atoms. The van der Waals surface area contributed by atoms with Gasteiger partial charge >= 0.3 is 6.18 Å². The van der Waals surface area contributed by atoms with Gasteiger partial charge in [0, 0.05) is 6.54 Å². The van der Waals surface area contributed by atoms with Crippen LogP contribution in [0.2, 0.25) is 0 Å². The lowest BCUT2D eigenvalue weighted by Crippen LogP contribution is -2.05. The average Bonchev–Trinajstić information content (AvgIpc) is 3.17. The summed E-state index contributed by atoms with van der Waals surface area (Å²) >= 11 is 2.79. The zero-order valence-corrected chi connectivity index (χ0v) is 15.8. The number of thioether (sulfide) groups is 1. The minimum Gasteiger partial charge on any atom is -0.469 e. The first kappa shape index (κ1) is 19.0. The quantitative estimate of drug-likeness (QED) is 0.520. The number of hydrogen-bond acceptors (Lipinski definition) is 6. The van der Waals surface area contributed by atoms with Gasteiger partial charge in [0.05, 0.1) is 29.0 Å². The van der Waals surface area contributed by atoms with E-state index in [0.717, 1.165) is 17.5 Å². The normalized spacial score (nSPS) is 12.0. The second-order valence-corrected chi connectivity index (χ2v) is 7.40. The molecule has 2 aromatic heterocycles. The topological polar surface area (TPSA) is 52.8 Å². The van der Waals surface area contributed by atoms with Gasteiger partial charge in [-0.3, -0.25) is 0 Å². The highest BCUT2D eigenvalue weighted by Crippen LogP contribution is 2.34. The molecule has 0 aliphatic carbocycles. The van der Waals surface area contributed by atoms with Gasteiger partial charge in [-0.25, -0.2) is 4.98 Å². The highest BCUT2D eigenvalue weighted by molar-refractivity contribution is 7.98. The predicted octanol–water partition coefficient (Wildman–Crippen LogP) is 5.01. The Bertz CT molecular complexity index is 891. The Morgan fingerprint density at radius 2 is 2.04 bits per heavy atom. The summed E-state index contributed by atoms with van der Waals surface area (Å²) in [7, 11) is 0. The lowest BCUT2D eigenvalue weighted by molar-refractivity contribution is -0.137. The van der Waals surface area contributed by atoms with Crippen molar-refractivity contribution in [2.24, 2.45) is 0 Å². The molecule has 0 saturated carbocycles. The summed E-state index contributed by atoms with van der Waals surface area (Å²) in [4.78, 5) is 4.50. The third kappa shape index (κ3) is 4.12. The van der Waals surface area contributed by atoms with Crippen LogP contribution in [-0.2, 0) is 18.5 Å². The lowest BCUT2D eigenvalue weighted by Gasteiger charge is -2.09. The Balaban J connectivity index is 1.87. The molecule has 0 N–H and O–H groups in total. The minimum atomic E-state index is -4.37. The van der Waals surface area contributed by atoms with E-state index < -0.39 is 11.7 Å². The molecule has 10 heteroatoms. The standard InChI is InChI=1S/C16H17F3N4OS2/c1-3-7-23-12-8-10(16(17,18)19)5-6-11(12)20-14(23)25-9-13-21-22-15(26-13)24-4-2/h5-6,8H,3-4,7,9H2,1-2H3. The van der Waals surface area contributed by atoms with Crippen molar-refractivity contribution in [1.29, 1.82) is 0 Å². The van der Waals surface area contributed by atoms with Crippen LogP contribution < -0.4 is 4.74 Å². The number of rotatable bonds is 7. The third-order valence-corrected chi connectivity index (χ3v) is 5.53. The van der Waals surface area contributed by atoms with Crippen molar-refractivity contribution in [2.45, 2.75) is 43.9 Å². The number of aromatic nitrogens is 4. The second-order valence-electron chi connectivity index (χ2n) is 5.43. The first-order valence-electron chi connectivity index (χ1n) is 8.07. The molecular weight excluding hydrogens is 385 g/mol. The maximum atomic E-state index is 13.0. The summed E-state index contributed by atoms with van der Waals surface area (Å²) in [5.41, 5.74) is 0.391. The van der Waals surface area contributed by atoms with E-state index in [1.54, 1.807) is 0 Å². The number of alkyl halides is 3. The molecule has 0 amide bonds. The molecule has 0 aliphatic heterocycles. The molecule has 1 aromatic carbocycles. The first-order chi connectivity index (χ1) is 12.4. The van der Waals surface area contributed by atoms with Gasteiger partial charge in [0.1, 0.15) is 5.01 Å². The molecule has 2 heterocycles. The van der Waals surface area contributed by atoms with Crippen LogP contribution in [-0.4, -0.2) is 26.4 Å². The molecule has 3 rings (SSSR count). The summed E-state index contributed by atoms with van der Waals surface area (Å²) in [6.45, 7) is 4.97. The summed E-state index contributed by atoms with van der Waals surface area (Å²) in [5, 5.41) is 9.97. The number of nitrogens with zero attached hydrogens (tertiary/aromatic N) is 4. The maximum absolute atomic E-state index is 13.0. The van der Waals surface area contributed by atoms with Crippen LogP contribution >= 0.6 is 23.1 Å². The Hall–Kier alpha value is -1.81. The van der Waals surface area contributed by atoms with E-state index in [2.05, 4.69) is 15.2 Å². The molecule has 0 unspecified atom stereocenters. The molecule has 0 saturated heterocycles. The van der Waals surface area contributed by atoms with Gasteiger partial charge in [-0.1, -0.05) is 30.0 Å². The number of ether oxygens (including phenoxy) is 1. The molecule has 3 aromatic rings. The zero-order chi connectivity index (χ0) is 18.7. The van der Waals surface area contributed by atoms with Crippen molar-refractivity contribution in [3.63, 3.8) is 0 Å². The highest BCUT2D eigenvalue weighted by atomic mass is 32.2. The average molecular weight is 402 g/mol. The van der Waals surface area contributed by atoms with Gasteiger partial charge in [0.2, 0.25) is 0 Å². The van der Waals surface area contributed by atoms with E-state index in [1.165, 1.54) is 35.2 Å². The Morgan fingerprint density at radius 3 is 2.73 bits per heavy atom. The van der Waals surface area contributed by atoms with E-state index in [0.29, 0.717) is 40.3 Å². The van der Waals surface area contributed by atoms with Crippen LogP contribution in [0.5, 0.6) is 5.19 Å². The second kappa shape index (κ2) is 7.83. The summed E-state index contributed by atoms with van der Waals surface area (Å²) in [6, 6.07) is 3.66. The fourth-order valence-electron chi connectivity index (χ4n) is 2.43. The van der Waals surface area contributed by atoms with Crippen molar-refractivity contribution >= 4 is 34.1 Å². The fourth-order valence-corrected chi connectivity index (χ4v) is 4.20. The van der Waals surface area contributed by atoms with E-state index in [1.807, 2.05) is 18.4 Å². The Kier molecular flexibility index (Phi) is 5.71. The van der Waals surface area contributed by atoms with E-state index in [-0.39, 0.29) is 0 Å². The monoisotopic (exact) mass is 402 g/mol. The Labute approximate surface area is 156 Å². The van der Waals surface area contributed by atoms with Gasteiger partial charge in [0.25, 0.3) is 5.19 Å². The van der Waals surface area contributed by atoms with Gasteiger partial charge < -0.3 is 9.30 Å². The molecule has 140 valence electrons. The molecular formula is C16H17F3N4OS2. The van der Waals surface area contributed by atoms with Gasteiger partial charge in [-0.05, 0) is 31.5 Å². The molecule has 0 atom stereocenters. The predicted molar refractivity (Wildman–Crippen MR) is 95.7 cm³/mol. The minimum absolute atomic E-state index is 0.497.